The van der Waals surface area contributed by atoms with Crippen LogP contribution in [-0.2, 0) is 4.74 Å². The van der Waals surface area contributed by atoms with Crippen LogP contribution in [-0.4, -0.2) is 66.1 Å². The van der Waals surface area contributed by atoms with E-state index in [9.17, 15) is 4.79 Å². The van der Waals surface area contributed by atoms with Crippen LogP contribution < -0.4 is 0 Å². The van der Waals surface area contributed by atoms with Crippen molar-refractivity contribution in [1.29, 1.82) is 0 Å². The Hall–Kier alpha value is -1.33. The molecule has 0 aromatic carbocycles. The summed E-state index contributed by atoms with van der Waals surface area (Å²) in [6.07, 6.45) is 7.66. The quantitative estimate of drug-likeness (QED) is 0.922. The fraction of sp³-hybridized carbons (Fsp3) is 0.706. The van der Waals surface area contributed by atoms with Crippen LogP contribution in [0.1, 0.15) is 29.6 Å². The van der Waals surface area contributed by atoms with Crippen molar-refractivity contribution in [3.05, 3.63) is 24.0 Å². The zero-order chi connectivity index (χ0) is 14.9. The van der Waals surface area contributed by atoms with Gasteiger partial charge in [-0.05, 0) is 31.2 Å². The lowest BCUT2D eigenvalue weighted by atomic mass is 9.93. The summed E-state index contributed by atoms with van der Waals surface area (Å²) in [5, 5.41) is 0. The SMILES string of the molecule is O=C(c1cc[nH]c1)N1CC[C@@H]2CN(CC3CC3)CCO[C@@H]2C1. The van der Waals surface area contributed by atoms with E-state index in [2.05, 4.69) is 9.88 Å². The van der Waals surface area contributed by atoms with Crippen molar-refractivity contribution in [3.8, 4) is 0 Å². The van der Waals surface area contributed by atoms with Gasteiger partial charge in [-0.2, -0.15) is 0 Å². The molecule has 1 aromatic rings. The van der Waals surface area contributed by atoms with E-state index < -0.39 is 0 Å². The maximum Gasteiger partial charge on any atom is 0.255 e. The molecule has 3 fully saturated rings. The fourth-order valence-electron chi connectivity index (χ4n) is 3.77. The molecular weight excluding hydrogens is 278 g/mol. The molecule has 0 radical (unpaired) electrons. The van der Waals surface area contributed by atoms with Gasteiger partial charge in [0.15, 0.2) is 0 Å². The van der Waals surface area contributed by atoms with Crippen molar-refractivity contribution in [3.63, 3.8) is 0 Å². The molecule has 1 N–H and O–H groups in total. The molecule has 2 aliphatic heterocycles. The maximum absolute atomic E-state index is 12.5. The zero-order valence-electron chi connectivity index (χ0n) is 13.0. The highest BCUT2D eigenvalue weighted by molar-refractivity contribution is 5.94. The Morgan fingerprint density at radius 3 is 2.95 bits per heavy atom. The van der Waals surface area contributed by atoms with E-state index in [1.54, 1.807) is 12.4 Å². The fourth-order valence-corrected chi connectivity index (χ4v) is 3.77. The smallest absolute Gasteiger partial charge is 0.255 e. The minimum atomic E-state index is 0.127. The van der Waals surface area contributed by atoms with Crippen LogP contribution in [0.5, 0.6) is 0 Å². The lowest BCUT2D eigenvalue weighted by molar-refractivity contribution is -0.0171. The summed E-state index contributed by atoms with van der Waals surface area (Å²) in [6.45, 7) is 5.85. The molecule has 3 aliphatic rings. The average Bonchev–Trinajstić information content (AvgIpc) is 3.22. The second kappa shape index (κ2) is 6.05. The Bertz CT molecular complexity index is 512. The number of H-pyrrole nitrogens is 1. The first-order valence-corrected chi connectivity index (χ1v) is 8.55. The number of hydrogen-bond acceptors (Lipinski definition) is 3. The third-order valence-electron chi connectivity index (χ3n) is 5.27. The largest absolute Gasteiger partial charge is 0.375 e. The zero-order valence-corrected chi connectivity index (χ0v) is 13.0. The number of carbonyl (C=O) groups is 1. The van der Waals surface area contributed by atoms with Crippen LogP contribution in [0.2, 0.25) is 0 Å². The second-order valence-electron chi connectivity index (χ2n) is 7.01. The summed E-state index contributed by atoms with van der Waals surface area (Å²) in [5.41, 5.74) is 0.752. The number of aromatic nitrogens is 1. The van der Waals surface area contributed by atoms with Gasteiger partial charge < -0.3 is 19.5 Å². The van der Waals surface area contributed by atoms with E-state index in [-0.39, 0.29) is 12.0 Å². The molecule has 0 spiro atoms. The highest BCUT2D eigenvalue weighted by Crippen LogP contribution is 2.31. The Morgan fingerprint density at radius 2 is 2.18 bits per heavy atom. The maximum atomic E-state index is 12.5. The van der Waals surface area contributed by atoms with Crippen LogP contribution in [0, 0.1) is 11.8 Å². The highest BCUT2D eigenvalue weighted by Gasteiger charge is 2.36. The number of fused-ring (bicyclic) bond motifs is 1. The van der Waals surface area contributed by atoms with E-state index in [4.69, 9.17) is 4.74 Å². The van der Waals surface area contributed by atoms with Crippen molar-refractivity contribution < 1.29 is 9.53 Å². The predicted octanol–water partition coefficient (Wildman–Crippen LogP) is 1.59. The molecule has 2 atom stereocenters. The van der Waals surface area contributed by atoms with E-state index in [0.29, 0.717) is 5.92 Å². The van der Waals surface area contributed by atoms with Crippen molar-refractivity contribution in [2.45, 2.75) is 25.4 Å². The van der Waals surface area contributed by atoms with Gasteiger partial charge >= 0.3 is 0 Å². The monoisotopic (exact) mass is 303 g/mol. The summed E-state index contributed by atoms with van der Waals surface area (Å²) in [7, 11) is 0. The highest BCUT2D eigenvalue weighted by atomic mass is 16.5. The molecule has 1 aliphatic carbocycles. The number of rotatable bonds is 3. The summed E-state index contributed by atoms with van der Waals surface area (Å²) in [5.74, 6) is 1.64. The Labute approximate surface area is 131 Å². The van der Waals surface area contributed by atoms with Crippen LogP contribution in [0.3, 0.4) is 0 Å². The molecule has 1 amide bonds. The first-order chi connectivity index (χ1) is 10.8. The normalized spacial score (nSPS) is 29.9. The number of likely N-dealkylation sites (tertiary alicyclic amines) is 1. The Morgan fingerprint density at radius 1 is 1.27 bits per heavy atom. The summed E-state index contributed by atoms with van der Waals surface area (Å²) >= 11 is 0. The van der Waals surface area contributed by atoms with Crippen molar-refractivity contribution in [1.82, 2.24) is 14.8 Å². The van der Waals surface area contributed by atoms with Crippen molar-refractivity contribution in [2.75, 3.05) is 39.3 Å². The minimum Gasteiger partial charge on any atom is -0.375 e. The first-order valence-electron chi connectivity index (χ1n) is 8.55. The lowest BCUT2D eigenvalue weighted by Crippen LogP contribution is -2.49. The topological polar surface area (TPSA) is 48.6 Å². The van der Waals surface area contributed by atoms with Crippen molar-refractivity contribution in [2.24, 2.45) is 11.8 Å². The third-order valence-corrected chi connectivity index (χ3v) is 5.27. The number of nitrogens with one attached hydrogen (secondary N) is 1. The van der Waals surface area contributed by atoms with Gasteiger partial charge in [0.25, 0.3) is 5.91 Å². The van der Waals surface area contributed by atoms with Crippen LogP contribution >= 0.6 is 0 Å². The van der Waals surface area contributed by atoms with Gasteiger partial charge in [0.1, 0.15) is 0 Å². The molecular formula is C17H25N3O2. The molecule has 120 valence electrons. The van der Waals surface area contributed by atoms with Crippen molar-refractivity contribution >= 4 is 5.91 Å². The number of carbonyl (C=O) groups excluding carboxylic acids is 1. The van der Waals surface area contributed by atoms with Gasteiger partial charge in [0, 0.05) is 51.0 Å². The van der Waals surface area contributed by atoms with Gasteiger partial charge in [-0.15, -0.1) is 0 Å². The molecule has 1 saturated carbocycles. The second-order valence-corrected chi connectivity index (χ2v) is 7.01. The van der Waals surface area contributed by atoms with E-state index in [0.717, 1.165) is 50.7 Å². The first kappa shape index (κ1) is 14.3. The number of piperidine rings is 1. The summed E-state index contributed by atoms with van der Waals surface area (Å²) in [4.78, 5) is 20.0. The molecule has 1 aromatic heterocycles. The van der Waals surface area contributed by atoms with Crippen LogP contribution in [0.4, 0.5) is 0 Å². The number of aromatic amines is 1. The molecule has 5 heteroatoms. The van der Waals surface area contributed by atoms with Crippen LogP contribution in [0.25, 0.3) is 0 Å². The number of amides is 1. The molecule has 5 nitrogen and oxygen atoms in total. The summed E-state index contributed by atoms with van der Waals surface area (Å²) in [6, 6.07) is 1.85. The molecule has 4 rings (SSSR count). The Balaban J connectivity index is 1.37. The standard InChI is InChI=1S/C17H25N3O2/c21-17(14-3-5-18-9-14)20-6-4-15-11-19(10-13-1-2-13)7-8-22-16(15)12-20/h3,5,9,13,15-16,18H,1-2,4,6-8,10-12H2/t15-,16-/m1/s1. The Kier molecular flexibility index (Phi) is 3.92. The average molecular weight is 303 g/mol. The summed E-state index contributed by atoms with van der Waals surface area (Å²) < 4.78 is 6.09. The van der Waals surface area contributed by atoms with E-state index in [1.807, 2.05) is 11.0 Å². The predicted molar refractivity (Wildman–Crippen MR) is 83.7 cm³/mol. The molecule has 2 saturated heterocycles. The van der Waals surface area contributed by atoms with Gasteiger partial charge in [0.05, 0.1) is 18.3 Å². The van der Waals surface area contributed by atoms with Crippen LogP contribution in [0.15, 0.2) is 18.5 Å². The van der Waals surface area contributed by atoms with E-state index in [1.165, 1.54) is 19.4 Å². The van der Waals surface area contributed by atoms with Gasteiger partial charge in [-0.1, -0.05) is 0 Å². The number of hydrogen-bond donors (Lipinski definition) is 1. The molecule has 0 bridgehead atoms. The van der Waals surface area contributed by atoms with Gasteiger partial charge in [-0.3, -0.25) is 4.79 Å². The molecule has 0 unspecified atom stereocenters. The lowest BCUT2D eigenvalue weighted by Gasteiger charge is -2.38. The minimum absolute atomic E-state index is 0.127. The number of nitrogens with zero attached hydrogens (tertiary/aromatic N) is 2. The van der Waals surface area contributed by atoms with Gasteiger partial charge in [0.2, 0.25) is 0 Å². The number of ether oxygens (including phenoxy) is 1. The van der Waals surface area contributed by atoms with E-state index >= 15 is 0 Å². The molecule has 22 heavy (non-hydrogen) atoms. The third kappa shape index (κ3) is 3.06. The van der Waals surface area contributed by atoms with Gasteiger partial charge in [-0.25, -0.2) is 0 Å². The molecule has 3 heterocycles.